The van der Waals surface area contributed by atoms with Crippen LogP contribution >= 0.6 is 0 Å². The van der Waals surface area contributed by atoms with E-state index in [-0.39, 0.29) is 17.5 Å². The van der Waals surface area contributed by atoms with Gasteiger partial charge in [-0.25, -0.2) is 0 Å². The van der Waals surface area contributed by atoms with E-state index in [9.17, 15) is 4.79 Å². The molecule has 1 fully saturated rings. The molecule has 1 unspecified atom stereocenters. The highest BCUT2D eigenvalue weighted by Crippen LogP contribution is 2.25. The van der Waals surface area contributed by atoms with Gasteiger partial charge in [0.15, 0.2) is 0 Å². The molecule has 1 heterocycles. The average molecular weight is 225 g/mol. The SMILES string of the molecule is C=CCN1CC(C)(C)N(C)C(CCN)C1=O. The number of likely N-dealkylation sites (N-methyl/N-ethyl adjacent to an activating group) is 1. The number of hydrogen-bond acceptors (Lipinski definition) is 3. The third-order valence-corrected chi connectivity index (χ3v) is 3.39. The Morgan fingerprint density at radius 1 is 1.62 bits per heavy atom. The maximum atomic E-state index is 12.2. The van der Waals surface area contributed by atoms with Gasteiger partial charge in [0, 0.05) is 18.6 Å². The maximum Gasteiger partial charge on any atom is 0.240 e. The standard InChI is InChI=1S/C12H23N3O/c1-5-8-15-9-12(2,3)14(4)10(6-7-13)11(15)16/h5,10H,1,6-9,13H2,2-4H3. The monoisotopic (exact) mass is 225 g/mol. The van der Waals surface area contributed by atoms with Crippen LogP contribution in [0.1, 0.15) is 20.3 Å². The molecule has 0 bridgehead atoms. The molecule has 2 N–H and O–H groups in total. The predicted octanol–water partition coefficient (Wildman–Crippen LogP) is 0.442. The Bertz CT molecular complexity index is 275. The molecule has 0 aliphatic carbocycles. The van der Waals surface area contributed by atoms with Crippen molar-refractivity contribution in [2.24, 2.45) is 5.73 Å². The Morgan fingerprint density at radius 3 is 2.75 bits per heavy atom. The van der Waals surface area contributed by atoms with Gasteiger partial charge < -0.3 is 10.6 Å². The summed E-state index contributed by atoms with van der Waals surface area (Å²) in [5.74, 6) is 0.173. The minimum Gasteiger partial charge on any atom is -0.336 e. The highest BCUT2D eigenvalue weighted by Gasteiger charge is 2.41. The molecule has 0 aromatic rings. The zero-order chi connectivity index (χ0) is 12.3. The predicted molar refractivity (Wildman–Crippen MR) is 66.1 cm³/mol. The van der Waals surface area contributed by atoms with Crippen LogP contribution in [0.4, 0.5) is 0 Å². The van der Waals surface area contributed by atoms with Gasteiger partial charge in [0.2, 0.25) is 5.91 Å². The minimum absolute atomic E-state index is 0.00322. The number of carbonyl (C=O) groups is 1. The van der Waals surface area contributed by atoms with Gasteiger partial charge in [0.1, 0.15) is 0 Å². The van der Waals surface area contributed by atoms with Crippen LogP contribution in [0.15, 0.2) is 12.7 Å². The van der Waals surface area contributed by atoms with E-state index < -0.39 is 0 Å². The number of hydrogen-bond donors (Lipinski definition) is 1. The van der Waals surface area contributed by atoms with Crippen molar-refractivity contribution >= 4 is 5.91 Å². The Balaban J connectivity index is 2.88. The first-order chi connectivity index (χ1) is 7.44. The largest absolute Gasteiger partial charge is 0.336 e. The van der Waals surface area contributed by atoms with Crippen molar-refractivity contribution in [1.29, 1.82) is 0 Å². The van der Waals surface area contributed by atoms with Crippen LogP contribution in [0.3, 0.4) is 0 Å². The number of nitrogens with two attached hydrogens (primary N) is 1. The molecule has 1 rings (SSSR count). The summed E-state index contributed by atoms with van der Waals surface area (Å²) in [7, 11) is 2.00. The highest BCUT2D eigenvalue weighted by atomic mass is 16.2. The molecule has 0 radical (unpaired) electrons. The van der Waals surface area contributed by atoms with Crippen molar-refractivity contribution in [3.05, 3.63) is 12.7 Å². The molecule has 1 atom stereocenters. The number of carbonyl (C=O) groups excluding carboxylic acids is 1. The summed E-state index contributed by atoms with van der Waals surface area (Å²) in [5, 5.41) is 0. The second kappa shape index (κ2) is 4.97. The fraction of sp³-hybridized carbons (Fsp3) is 0.750. The molecular formula is C12H23N3O. The normalized spacial score (nSPS) is 25.9. The molecule has 1 amide bonds. The Kier molecular flexibility index (Phi) is 4.10. The first kappa shape index (κ1) is 13.2. The fourth-order valence-corrected chi connectivity index (χ4v) is 2.24. The molecule has 0 spiro atoms. The summed E-state index contributed by atoms with van der Waals surface area (Å²) in [4.78, 5) is 16.2. The fourth-order valence-electron chi connectivity index (χ4n) is 2.24. The summed E-state index contributed by atoms with van der Waals surface area (Å²) in [6.07, 6.45) is 2.49. The summed E-state index contributed by atoms with van der Waals surface area (Å²) in [6.45, 7) is 9.91. The van der Waals surface area contributed by atoms with Crippen LogP contribution in [0.5, 0.6) is 0 Å². The highest BCUT2D eigenvalue weighted by molar-refractivity contribution is 5.83. The molecule has 0 aromatic heterocycles. The zero-order valence-corrected chi connectivity index (χ0v) is 10.6. The van der Waals surface area contributed by atoms with E-state index in [1.807, 2.05) is 11.9 Å². The molecule has 0 aromatic carbocycles. The van der Waals surface area contributed by atoms with Crippen LogP contribution in [-0.4, -0.2) is 54.0 Å². The van der Waals surface area contributed by atoms with Gasteiger partial charge in [-0.2, -0.15) is 0 Å². The number of nitrogens with zero attached hydrogens (tertiary/aromatic N) is 2. The smallest absolute Gasteiger partial charge is 0.240 e. The van der Waals surface area contributed by atoms with E-state index in [2.05, 4.69) is 25.3 Å². The van der Waals surface area contributed by atoms with Gasteiger partial charge in [-0.3, -0.25) is 9.69 Å². The summed E-state index contributed by atoms with van der Waals surface area (Å²) in [5.41, 5.74) is 5.57. The van der Waals surface area contributed by atoms with Gasteiger partial charge in [0.25, 0.3) is 0 Å². The van der Waals surface area contributed by atoms with Crippen molar-refractivity contribution in [3.8, 4) is 0 Å². The van der Waals surface area contributed by atoms with Crippen LogP contribution in [0.25, 0.3) is 0 Å². The van der Waals surface area contributed by atoms with Crippen LogP contribution in [-0.2, 0) is 4.79 Å². The van der Waals surface area contributed by atoms with Crippen molar-refractivity contribution in [2.75, 3.05) is 26.7 Å². The van der Waals surface area contributed by atoms with E-state index in [0.717, 1.165) is 6.54 Å². The Hall–Kier alpha value is -0.870. The van der Waals surface area contributed by atoms with Crippen LogP contribution < -0.4 is 5.73 Å². The Morgan fingerprint density at radius 2 is 2.25 bits per heavy atom. The second-order valence-corrected chi connectivity index (χ2v) is 5.02. The molecule has 1 aliphatic rings. The first-order valence-electron chi connectivity index (χ1n) is 5.76. The van der Waals surface area contributed by atoms with Crippen LogP contribution in [0.2, 0.25) is 0 Å². The van der Waals surface area contributed by atoms with Crippen molar-refractivity contribution in [3.63, 3.8) is 0 Å². The van der Waals surface area contributed by atoms with E-state index in [1.54, 1.807) is 6.08 Å². The first-order valence-corrected chi connectivity index (χ1v) is 5.76. The van der Waals surface area contributed by atoms with Crippen molar-refractivity contribution < 1.29 is 4.79 Å². The lowest BCUT2D eigenvalue weighted by Gasteiger charge is -2.49. The molecule has 4 heteroatoms. The lowest BCUT2D eigenvalue weighted by Crippen LogP contribution is -2.65. The molecule has 4 nitrogen and oxygen atoms in total. The molecular weight excluding hydrogens is 202 g/mol. The van der Waals surface area contributed by atoms with E-state index >= 15 is 0 Å². The summed E-state index contributed by atoms with van der Waals surface area (Å²) in [6, 6.07) is -0.0892. The zero-order valence-electron chi connectivity index (χ0n) is 10.6. The number of piperazine rings is 1. The van der Waals surface area contributed by atoms with Gasteiger partial charge in [0.05, 0.1) is 6.04 Å². The minimum atomic E-state index is -0.0892. The number of rotatable bonds is 4. The maximum absolute atomic E-state index is 12.2. The van der Waals surface area contributed by atoms with Gasteiger partial charge >= 0.3 is 0 Å². The van der Waals surface area contributed by atoms with E-state index in [1.165, 1.54) is 0 Å². The number of amides is 1. The van der Waals surface area contributed by atoms with Crippen molar-refractivity contribution in [1.82, 2.24) is 9.80 Å². The molecule has 1 aliphatic heterocycles. The average Bonchev–Trinajstić information content (AvgIpc) is 2.21. The quantitative estimate of drug-likeness (QED) is 0.706. The molecule has 1 saturated heterocycles. The summed E-state index contributed by atoms with van der Waals surface area (Å²) < 4.78 is 0. The third kappa shape index (κ3) is 2.44. The molecule has 16 heavy (non-hydrogen) atoms. The lowest BCUT2D eigenvalue weighted by molar-refractivity contribution is -0.147. The third-order valence-electron chi connectivity index (χ3n) is 3.39. The van der Waals surface area contributed by atoms with Gasteiger partial charge in [-0.05, 0) is 33.9 Å². The van der Waals surface area contributed by atoms with E-state index in [0.29, 0.717) is 19.5 Å². The summed E-state index contributed by atoms with van der Waals surface area (Å²) >= 11 is 0. The Labute approximate surface area is 98.1 Å². The molecule has 92 valence electrons. The topological polar surface area (TPSA) is 49.6 Å². The van der Waals surface area contributed by atoms with Gasteiger partial charge in [-0.15, -0.1) is 6.58 Å². The van der Waals surface area contributed by atoms with E-state index in [4.69, 9.17) is 5.73 Å². The molecule has 0 saturated carbocycles. The lowest BCUT2D eigenvalue weighted by atomic mass is 9.93. The second-order valence-electron chi connectivity index (χ2n) is 5.02. The van der Waals surface area contributed by atoms with Crippen molar-refractivity contribution in [2.45, 2.75) is 31.8 Å². The van der Waals surface area contributed by atoms with Gasteiger partial charge in [-0.1, -0.05) is 6.08 Å². The van der Waals surface area contributed by atoms with Crippen LogP contribution in [0, 0.1) is 0 Å².